The van der Waals surface area contributed by atoms with Crippen molar-refractivity contribution in [2.45, 2.75) is 50.5 Å². The van der Waals surface area contributed by atoms with Gasteiger partial charge in [0.1, 0.15) is 11.4 Å². The highest BCUT2D eigenvalue weighted by molar-refractivity contribution is 7.91. The zero-order valence-corrected chi connectivity index (χ0v) is 23.8. The molecule has 1 aliphatic heterocycles. The smallest absolute Gasteiger partial charge is 0.225 e. The molecule has 3 aromatic rings. The second-order valence-electron chi connectivity index (χ2n) is 11.7. The Hall–Kier alpha value is -3.78. The topological polar surface area (TPSA) is 121 Å². The summed E-state index contributed by atoms with van der Waals surface area (Å²) in [5.41, 5.74) is 2.76. The minimum absolute atomic E-state index is 0.101. The number of nitrogens with one attached hydrogen (secondary N) is 1. The number of carbonyl (C=O) groups is 1. The molecule has 2 aromatic heterocycles. The fourth-order valence-electron chi connectivity index (χ4n) is 6.04. The fraction of sp³-hybridized carbons (Fsp3) is 0.467. The van der Waals surface area contributed by atoms with Gasteiger partial charge in [0.2, 0.25) is 5.91 Å². The number of halogens is 1. The van der Waals surface area contributed by atoms with Crippen LogP contribution in [0.1, 0.15) is 50.6 Å². The molecule has 11 heteroatoms. The number of sulfone groups is 1. The number of rotatable bonds is 6. The van der Waals surface area contributed by atoms with Crippen LogP contribution in [0.15, 0.2) is 48.8 Å². The van der Waals surface area contributed by atoms with Crippen LogP contribution in [0.25, 0.3) is 16.9 Å². The molecule has 2 saturated carbocycles. The number of nitrogens with zero attached hydrogens (tertiary/aromatic N) is 5. The van der Waals surface area contributed by atoms with Crippen molar-refractivity contribution in [1.82, 2.24) is 20.1 Å². The molecule has 3 atom stereocenters. The van der Waals surface area contributed by atoms with Gasteiger partial charge >= 0.3 is 0 Å². The van der Waals surface area contributed by atoms with Gasteiger partial charge in [-0.2, -0.15) is 10.4 Å². The molecule has 0 bridgehead atoms. The Labute approximate surface area is 239 Å². The Morgan fingerprint density at radius 2 is 1.85 bits per heavy atom. The summed E-state index contributed by atoms with van der Waals surface area (Å²) in [7, 11) is -2.98. The molecule has 1 saturated heterocycles. The standard InChI is InChI=1S/C30H33FN6O3S/c1-20-2-8-24(25(16-20)29(38)34-30(19-32)10-11-30)28-26(18-37(35-28)27-9-5-22(31)17-33-27)21-3-6-23(7-4-21)36-12-14-41(39,40)15-13-36/h3-7,9,17-18,20,24-25H,2,8,10-16H2,1H3,(H,34,38). The Kier molecular flexibility index (Phi) is 7.06. The van der Waals surface area contributed by atoms with Crippen LogP contribution >= 0.6 is 0 Å². The van der Waals surface area contributed by atoms with E-state index in [0.29, 0.717) is 44.1 Å². The molecular weight excluding hydrogens is 543 g/mol. The van der Waals surface area contributed by atoms with Crippen molar-refractivity contribution < 1.29 is 17.6 Å². The zero-order valence-electron chi connectivity index (χ0n) is 23.0. The van der Waals surface area contributed by atoms with E-state index in [1.165, 1.54) is 6.07 Å². The number of hydrogen-bond donors (Lipinski definition) is 1. The van der Waals surface area contributed by atoms with E-state index in [2.05, 4.69) is 28.2 Å². The second kappa shape index (κ2) is 10.6. The Morgan fingerprint density at radius 3 is 2.49 bits per heavy atom. The van der Waals surface area contributed by atoms with Crippen LogP contribution in [0.4, 0.5) is 10.1 Å². The van der Waals surface area contributed by atoms with Crippen molar-refractivity contribution in [2.24, 2.45) is 11.8 Å². The average molecular weight is 577 g/mol. The van der Waals surface area contributed by atoms with Crippen molar-refractivity contribution in [3.63, 3.8) is 0 Å². The van der Waals surface area contributed by atoms with Gasteiger partial charge in [0.15, 0.2) is 15.7 Å². The van der Waals surface area contributed by atoms with Crippen LogP contribution in [-0.2, 0) is 14.6 Å². The Bertz CT molecular complexity index is 1580. The highest BCUT2D eigenvalue weighted by Gasteiger charge is 2.47. The average Bonchev–Trinajstić information content (AvgIpc) is 3.60. The molecule has 1 amide bonds. The first-order valence-electron chi connectivity index (χ1n) is 14.2. The minimum Gasteiger partial charge on any atom is -0.369 e. The van der Waals surface area contributed by atoms with Gasteiger partial charge < -0.3 is 10.2 Å². The van der Waals surface area contributed by atoms with Crippen LogP contribution in [-0.4, -0.2) is 59.2 Å². The normalized spacial score (nSPS) is 24.8. The van der Waals surface area contributed by atoms with E-state index in [1.807, 2.05) is 30.5 Å². The van der Waals surface area contributed by atoms with Crippen LogP contribution in [0.3, 0.4) is 0 Å². The van der Waals surface area contributed by atoms with Crippen molar-refractivity contribution in [2.75, 3.05) is 29.5 Å². The number of hydrogen-bond acceptors (Lipinski definition) is 7. The molecule has 3 unspecified atom stereocenters. The Balaban J connectivity index is 1.36. The molecule has 9 nitrogen and oxygen atoms in total. The number of anilines is 1. The predicted molar refractivity (Wildman–Crippen MR) is 153 cm³/mol. The van der Waals surface area contributed by atoms with Crippen molar-refractivity contribution in [1.29, 1.82) is 5.26 Å². The molecule has 3 fully saturated rings. The molecule has 1 aromatic carbocycles. The summed E-state index contributed by atoms with van der Waals surface area (Å²) in [5.74, 6) is 0.0999. The van der Waals surface area contributed by atoms with Gasteiger partial charge in [-0.3, -0.25) is 4.79 Å². The summed E-state index contributed by atoms with van der Waals surface area (Å²) >= 11 is 0. The number of amides is 1. The lowest BCUT2D eigenvalue weighted by molar-refractivity contribution is -0.127. The van der Waals surface area contributed by atoms with Crippen molar-refractivity contribution >= 4 is 21.4 Å². The third-order valence-corrected chi connectivity index (χ3v) is 10.3. The maximum atomic E-state index is 13.6. The third kappa shape index (κ3) is 5.71. The first-order valence-corrected chi connectivity index (χ1v) is 16.0. The lowest BCUT2D eigenvalue weighted by Gasteiger charge is -2.34. The highest BCUT2D eigenvalue weighted by atomic mass is 32.2. The molecule has 0 radical (unpaired) electrons. The lowest BCUT2D eigenvalue weighted by atomic mass is 9.71. The van der Waals surface area contributed by atoms with Crippen LogP contribution < -0.4 is 10.2 Å². The number of carbonyl (C=O) groups excluding carboxylic acids is 1. The number of benzene rings is 1. The van der Waals surface area contributed by atoms with Gasteiger partial charge in [0.25, 0.3) is 0 Å². The van der Waals surface area contributed by atoms with E-state index < -0.39 is 21.2 Å². The summed E-state index contributed by atoms with van der Waals surface area (Å²) < 4.78 is 39.0. The maximum absolute atomic E-state index is 13.6. The van der Waals surface area contributed by atoms with Gasteiger partial charge in [-0.1, -0.05) is 25.5 Å². The monoisotopic (exact) mass is 576 g/mol. The van der Waals surface area contributed by atoms with E-state index in [9.17, 15) is 22.9 Å². The van der Waals surface area contributed by atoms with E-state index in [1.54, 1.807) is 10.7 Å². The SMILES string of the molecule is CC1CCC(c2nn(-c3ccc(F)cn3)cc2-c2ccc(N3CCS(=O)(=O)CC3)cc2)C(C(=O)NC2(C#N)CC2)C1. The summed E-state index contributed by atoms with van der Waals surface area (Å²) in [6, 6.07) is 13.1. The molecule has 1 N–H and O–H groups in total. The first kappa shape index (κ1) is 27.4. The van der Waals surface area contributed by atoms with Crippen molar-refractivity contribution in [3.05, 3.63) is 60.3 Å². The molecular formula is C30H33FN6O3S. The Morgan fingerprint density at radius 1 is 1.12 bits per heavy atom. The highest BCUT2D eigenvalue weighted by Crippen LogP contribution is 2.45. The first-order chi connectivity index (χ1) is 19.7. The van der Waals surface area contributed by atoms with Gasteiger partial charge in [0.05, 0.1) is 29.5 Å². The lowest BCUT2D eigenvalue weighted by Crippen LogP contribution is -2.43. The molecule has 6 rings (SSSR count). The summed E-state index contributed by atoms with van der Waals surface area (Å²) in [4.78, 5) is 19.9. The molecule has 41 heavy (non-hydrogen) atoms. The molecule has 214 valence electrons. The summed E-state index contributed by atoms with van der Waals surface area (Å²) in [6.45, 7) is 3.07. The molecule has 3 heterocycles. The van der Waals surface area contributed by atoms with Gasteiger partial charge in [-0.05, 0) is 61.4 Å². The van der Waals surface area contributed by atoms with Crippen LogP contribution in [0.2, 0.25) is 0 Å². The second-order valence-corrected chi connectivity index (χ2v) is 14.0. The fourth-order valence-corrected chi connectivity index (χ4v) is 7.24. The van der Waals surface area contributed by atoms with Crippen LogP contribution in [0.5, 0.6) is 0 Å². The quantitative estimate of drug-likeness (QED) is 0.471. The van der Waals surface area contributed by atoms with Crippen LogP contribution in [0, 0.1) is 29.0 Å². The largest absolute Gasteiger partial charge is 0.369 e. The predicted octanol–water partition coefficient (Wildman–Crippen LogP) is 4.00. The number of pyridine rings is 1. The van der Waals surface area contributed by atoms with E-state index >= 15 is 0 Å². The maximum Gasteiger partial charge on any atom is 0.225 e. The summed E-state index contributed by atoms with van der Waals surface area (Å²) in [6.07, 6.45) is 6.81. The zero-order chi connectivity index (χ0) is 28.8. The number of nitriles is 1. The van der Waals surface area contributed by atoms with Gasteiger partial charge in [-0.15, -0.1) is 0 Å². The number of aromatic nitrogens is 3. The third-order valence-electron chi connectivity index (χ3n) is 8.70. The molecule has 2 aliphatic carbocycles. The van der Waals surface area contributed by atoms with E-state index in [-0.39, 0.29) is 29.2 Å². The molecule has 0 spiro atoms. The summed E-state index contributed by atoms with van der Waals surface area (Å²) in [5, 5.41) is 17.5. The van der Waals surface area contributed by atoms with Gasteiger partial charge in [0, 0.05) is 42.4 Å². The van der Waals surface area contributed by atoms with Crippen molar-refractivity contribution in [3.8, 4) is 23.0 Å². The minimum atomic E-state index is -2.98. The molecule has 3 aliphatic rings. The van der Waals surface area contributed by atoms with E-state index in [0.717, 1.165) is 41.5 Å². The van der Waals surface area contributed by atoms with Gasteiger partial charge in [-0.25, -0.2) is 22.5 Å². The van der Waals surface area contributed by atoms with E-state index in [4.69, 9.17) is 5.10 Å².